The average Bonchev–Trinajstić information content (AvgIpc) is 3.32. The fourth-order valence-electron chi connectivity index (χ4n) is 4.69. The van der Waals surface area contributed by atoms with Crippen molar-refractivity contribution < 1.29 is 9.53 Å². The van der Waals surface area contributed by atoms with Crippen LogP contribution in [0.2, 0.25) is 0 Å². The van der Waals surface area contributed by atoms with Gasteiger partial charge in [0.1, 0.15) is 18.0 Å². The molecule has 1 aromatic rings. The first-order chi connectivity index (χ1) is 12.7. The molecule has 0 bridgehead atoms. The second-order valence-electron chi connectivity index (χ2n) is 7.69. The predicted octanol–water partition coefficient (Wildman–Crippen LogP) is 1.56. The number of nitriles is 1. The van der Waals surface area contributed by atoms with Gasteiger partial charge in [0.05, 0.1) is 0 Å². The molecule has 0 aromatic carbocycles. The zero-order chi connectivity index (χ0) is 18.1. The van der Waals surface area contributed by atoms with Gasteiger partial charge in [0, 0.05) is 43.4 Å². The molecule has 0 radical (unpaired) electrons. The Balaban J connectivity index is 1.47. The first kappa shape index (κ1) is 17.2. The molecule has 7 nitrogen and oxygen atoms in total. The first-order valence-corrected chi connectivity index (χ1v) is 9.56. The van der Waals surface area contributed by atoms with Crippen LogP contribution in [0.3, 0.4) is 0 Å². The van der Waals surface area contributed by atoms with Crippen molar-refractivity contribution in [3.8, 4) is 6.07 Å². The lowest BCUT2D eigenvalue weighted by Gasteiger charge is -2.33. The Morgan fingerprint density at radius 2 is 2.23 bits per heavy atom. The average molecular weight is 355 g/mol. The highest BCUT2D eigenvalue weighted by molar-refractivity contribution is 5.81. The molecular weight excluding hydrogens is 330 g/mol. The molecule has 4 rings (SSSR count). The fourth-order valence-corrected chi connectivity index (χ4v) is 4.69. The third-order valence-corrected chi connectivity index (χ3v) is 5.99. The number of hydrogen-bond donors (Lipinski definition) is 1. The van der Waals surface area contributed by atoms with Crippen LogP contribution < -0.4 is 10.2 Å². The zero-order valence-electron chi connectivity index (χ0n) is 15.1. The Morgan fingerprint density at radius 3 is 3.00 bits per heavy atom. The molecule has 3 fully saturated rings. The van der Waals surface area contributed by atoms with Crippen LogP contribution in [0.15, 0.2) is 6.20 Å². The van der Waals surface area contributed by atoms with E-state index in [0.29, 0.717) is 18.4 Å². The van der Waals surface area contributed by atoms with Crippen LogP contribution in [-0.4, -0.2) is 47.7 Å². The van der Waals surface area contributed by atoms with Crippen molar-refractivity contribution in [1.82, 2.24) is 15.3 Å². The highest BCUT2D eigenvalue weighted by atomic mass is 16.5. The molecule has 2 aliphatic heterocycles. The molecule has 0 spiro atoms. The quantitative estimate of drug-likeness (QED) is 0.885. The van der Waals surface area contributed by atoms with Gasteiger partial charge in [-0.2, -0.15) is 5.26 Å². The largest absolute Gasteiger partial charge is 0.368 e. The minimum Gasteiger partial charge on any atom is -0.368 e. The minimum atomic E-state index is -0.268. The maximum Gasteiger partial charge on any atom is 0.249 e. The summed E-state index contributed by atoms with van der Waals surface area (Å²) in [5, 5.41) is 12.4. The highest BCUT2D eigenvalue weighted by Gasteiger charge is 2.42. The number of nitrogens with one attached hydrogen (secondary N) is 1. The smallest absolute Gasteiger partial charge is 0.249 e. The Bertz CT molecular complexity index is 725. The van der Waals surface area contributed by atoms with Gasteiger partial charge >= 0.3 is 0 Å². The van der Waals surface area contributed by atoms with Gasteiger partial charge in [0.25, 0.3) is 0 Å². The van der Waals surface area contributed by atoms with E-state index in [9.17, 15) is 4.79 Å². The van der Waals surface area contributed by atoms with Crippen molar-refractivity contribution in [2.45, 2.75) is 51.2 Å². The monoisotopic (exact) mass is 355 g/mol. The minimum absolute atomic E-state index is 0.0524. The molecule has 3 aliphatic rings. The van der Waals surface area contributed by atoms with Crippen molar-refractivity contribution in [2.75, 3.05) is 24.6 Å². The van der Waals surface area contributed by atoms with E-state index in [1.807, 2.05) is 13.0 Å². The number of rotatable bonds is 3. The maximum atomic E-state index is 12.5. The van der Waals surface area contributed by atoms with E-state index < -0.39 is 0 Å². The third-order valence-electron chi connectivity index (χ3n) is 5.99. The van der Waals surface area contributed by atoms with Crippen molar-refractivity contribution >= 4 is 11.7 Å². The van der Waals surface area contributed by atoms with Crippen LogP contribution in [0.1, 0.15) is 43.5 Å². The molecule has 1 N–H and O–H groups in total. The molecule has 26 heavy (non-hydrogen) atoms. The molecular formula is C19H25N5O2. The van der Waals surface area contributed by atoms with Crippen molar-refractivity contribution in [2.24, 2.45) is 11.8 Å². The van der Waals surface area contributed by atoms with Crippen molar-refractivity contribution in [3.63, 3.8) is 0 Å². The first-order valence-electron chi connectivity index (χ1n) is 9.56. The van der Waals surface area contributed by atoms with Crippen LogP contribution in [0, 0.1) is 30.1 Å². The van der Waals surface area contributed by atoms with E-state index in [1.54, 1.807) is 6.20 Å². The molecule has 2 saturated heterocycles. The van der Waals surface area contributed by atoms with Crippen LogP contribution in [0.5, 0.6) is 0 Å². The summed E-state index contributed by atoms with van der Waals surface area (Å²) in [7, 11) is 0. The number of ether oxygens (including phenoxy) is 1. The van der Waals surface area contributed by atoms with Gasteiger partial charge < -0.3 is 15.0 Å². The van der Waals surface area contributed by atoms with E-state index >= 15 is 0 Å². The van der Waals surface area contributed by atoms with Crippen molar-refractivity contribution in [1.29, 1.82) is 5.26 Å². The number of aryl methyl sites for hydroxylation is 1. The lowest BCUT2D eigenvalue weighted by molar-refractivity contribution is -0.131. The topological polar surface area (TPSA) is 91.1 Å². The summed E-state index contributed by atoms with van der Waals surface area (Å²) < 4.78 is 5.53. The van der Waals surface area contributed by atoms with Gasteiger partial charge in [-0.3, -0.25) is 4.79 Å². The van der Waals surface area contributed by atoms with Gasteiger partial charge in [0.2, 0.25) is 11.7 Å². The molecule has 1 aliphatic carbocycles. The van der Waals surface area contributed by atoms with Gasteiger partial charge in [-0.1, -0.05) is 6.42 Å². The second kappa shape index (κ2) is 7.20. The Morgan fingerprint density at radius 1 is 1.35 bits per heavy atom. The summed E-state index contributed by atoms with van der Waals surface area (Å²) in [6.45, 7) is 4.47. The normalized spacial score (nSPS) is 30.7. The summed E-state index contributed by atoms with van der Waals surface area (Å²) in [6, 6.07) is 2.23. The summed E-state index contributed by atoms with van der Waals surface area (Å²) >= 11 is 0. The summed E-state index contributed by atoms with van der Waals surface area (Å²) in [5.41, 5.74) is 0.989. The van der Waals surface area contributed by atoms with Crippen LogP contribution in [0.25, 0.3) is 0 Å². The SMILES string of the molecule is Cc1cnc(C#N)nc1N1CC2CCCC(NC(=O)C3CCCO3)C2C1. The van der Waals surface area contributed by atoms with E-state index in [1.165, 1.54) is 6.42 Å². The molecule has 1 aromatic heterocycles. The van der Waals surface area contributed by atoms with E-state index in [-0.39, 0.29) is 23.9 Å². The second-order valence-corrected chi connectivity index (χ2v) is 7.69. The predicted molar refractivity (Wildman–Crippen MR) is 95.4 cm³/mol. The van der Waals surface area contributed by atoms with E-state index in [0.717, 1.165) is 50.2 Å². The lowest BCUT2D eigenvalue weighted by Crippen LogP contribution is -2.48. The summed E-state index contributed by atoms with van der Waals surface area (Å²) in [5.74, 6) is 2.10. The Labute approximate surface area is 153 Å². The number of anilines is 1. The Kier molecular flexibility index (Phi) is 4.77. The van der Waals surface area contributed by atoms with Crippen LogP contribution in [-0.2, 0) is 9.53 Å². The third kappa shape index (κ3) is 3.26. The maximum absolute atomic E-state index is 12.5. The molecule has 3 heterocycles. The standard InChI is InChI=1S/C19H25N5O2/c1-12-9-21-17(8-20)23-18(12)24-10-13-4-2-5-15(14(13)11-24)22-19(25)16-6-3-7-26-16/h9,13-16H,2-7,10-11H2,1H3,(H,22,25). The van der Waals surface area contributed by atoms with Crippen LogP contribution >= 0.6 is 0 Å². The number of nitrogens with zero attached hydrogens (tertiary/aromatic N) is 4. The fraction of sp³-hybridized carbons (Fsp3) is 0.684. The molecule has 4 unspecified atom stereocenters. The number of carbonyl (C=O) groups excluding carboxylic acids is 1. The number of fused-ring (bicyclic) bond motifs is 1. The van der Waals surface area contributed by atoms with Gasteiger partial charge in [-0.15, -0.1) is 0 Å². The van der Waals surface area contributed by atoms with Gasteiger partial charge in [-0.05, 0) is 38.5 Å². The number of amides is 1. The number of hydrogen-bond acceptors (Lipinski definition) is 6. The Hall–Kier alpha value is -2.20. The molecule has 7 heteroatoms. The van der Waals surface area contributed by atoms with E-state index in [2.05, 4.69) is 20.2 Å². The van der Waals surface area contributed by atoms with Gasteiger partial charge in [-0.25, -0.2) is 9.97 Å². The summed E-state index contributed by atoms with van der Waals surface area (Å²) in [6.07, 6.45) is 6.60. The van der Waals surface area contributed by atoms with E-state index in [4.69, 9.17) is 10.00 Å². The van der Waals surface area contributed by atoms with Crippen LogP contribution in [0.4, 0.5) is 5.82 Å². The highest BCUT2D eigenvalue weighted by Crippen LogP contribution is 2.38. The summed E-state index contributed by atoms with van der Waals surface area (Å²) in [4.78, 5) is 23.2. The lowest BCUT2D eigenvalue weighted by atomic mass is 9.78. The molecule has 1 amide bonds. The zero-order valence-corrected chi connectivity index (χ0v) is 15.1. The number of aromatic nitrogens is 2. The number of carbonyl (C=O) groups is 1. The molecule has 1 saturated carbocycles. The van der Waals surface area contributed by atoms with Crippen molar-refractivity contribution in [3.05, 3.63) is 17.6 Å². The molecule has 4 atom stereocenters. The van der Waals surface area contributed by atoms with Gasteiger partial charge in [0.15, 0.2) is 0 Å². The molecule has 138 valence electrons.